The zero-order valence-corrected chi connectivity index (χ0v) is 19.2. The normalized spacial score (nSPS) is 15.1. The summed E-state index contributed by atoms with van der Waals surface area (Å²) in [6.45, 7) is 10.5. The molecule has 2 unspecified atom stereocenters. The van der Waals surface area contributed by atoms with E-state index in [-0.39, 0.29) is 9.79 Å². The third kappa shape index (κ3) is 6.12. The van der Waals surface area contributed by atoms with Crippen molar-refractivity contribution in [3.63, 3.8) is 0 Å². The molecule has 0 amide bonds. The smallest absolute Gasteiger partial charge is 0.260 e. The first-order valence-electron chi connectivity index (χ1n) is 9.22. The summed E-state index contributed by atoms with van der Waals surface area (Å²) in [7, 11) is -8.19. The average Bonchev–Trinajstić information content (AvgIpc) is 2.59. The number of benzene rings is 2. The van der Waals surface area contributed by atoms with Gasteiger partial charge in [0.2, 0.25) is 0 Å². The van der Waals surface area contributed by atoms with Crippen LogP contribution < -0.4 is 0 Å². The summed E-state index contributed by atoms with van der Waals surface area (Å²) in [6.07, 6.45) is -2.07. The molecule has 0 aromatic heterocycles. The highest BCUT2D eigenvalue weighted by Crippen LogP contribution is 2.31. The van der Waals surface area contributed by atoms with Gasteiger partial charge in [0, 0.05) is 0 Å². The van der Waals surface area contributed by atoms with Crippen molar-refractivity contribution >= 4 is 20.2 Å². The van der Waals surface area contributed by atoms with E-state index in [0.717, 1.165) is 11.1 Å². The lowest BCUT2D eigenvalue weighted by molar-refractivity contribution is 0.00221. The van der Waals surface area contributed by atoms with Crippen molar-refractivity contribution in [2.24, 2.45) is 5.41 Å². The number of hydrogen-bond donors (Lipinski definition) is 0. The van der Waals surface area contributed by atoms with Crippen LogP contribution >= 0.6 is 0 Å². The van der Waals surface area contributed by atoms with Crippen molar-refractivity contribution < 1.29 is 25.2 Å². The molecule has 0 heterocycles. The van der Waals surface area contributed by atoms with E-state index in [4.69, 9.17) is 8.37 Å². The lowest BCUT2D eigenvalue weighted by atomic mass is 9.86. The van der Waals surface area contributed by atoms with Gasteiger partial charge in [0.1, 0.15) is 12.2 Å². The van der Waals surface area contributed by atoms with Crippen LogP contribution in [0, 0.1) is 19.3 Å². The third-order valence-electron chi connectivity index (χ3n) is 4.41. The highest BCUT2D eigenvalue weighted by molar-refractivity contribution is 7.87. The van der Waals surface area contributed by atoms with Crippen LogP contribution in [0.15, 0.2) is 58.3 Å². The molecule has 0 radical (unpaired) electrons. The minimum absolute atomic E-state index is 0.00370. The summed E-state index contributed by atoms with van der Waals surface area (Å²) in [6, 6.07) is 12.5. The molecule has 160 valence electrons. The predicted molar refractivity (Wildman–Crippen MR) is 112 cm³/mol. The lowest BCUT2D eigenvalue weighted by Gasteiger charge is -2.33. The van der Waals surface area contributed by atoms with Gasteiger partial charge in [-0.05, 0) is 50.5 Å². The van der Waals surface area contributed by atoms with E-state index < -0.39 is 37.9 Å². The Kier molecular flexibility index (Phi) is 6.94. The Morgan fingerprint density at radius 1 is 0.690 bits per heavy atom. The maximum absolute atomic E-state index is 12.8. The molecule has 0 saturated heterocycles. The monoisotopic (exact) mass is 440 g/mol. The van der Waals surface area contributed by atoms with Crippen molar-refractivity contribution in [1.29, 1.82) is 0 Å². The maximum Gasteiger partial charge on any atom is 0.297 e. The highest BCUT2D eigenvalue weighted by atomic mass is 32.2. The molecule has 2 atom stereocenters. The Balaban J connectivity index is 2.30. The molecule has 0 aliphatic carbocycles. The van der Waals surface area contributed by atoms with E-state index in [1.807, 2.05) is 13.8 Å². The Bertz CT molecular complexity index is 1030. The van der Waals surface area contributed by atoms with Gasteiger partial charge in [-0.25, -0.2) is 0 Å². The molecule has 0 bridgehead atoms. The fraction of sp³-hybridized carbons (Fsp3) is 0.429. The molecule has 8 heteroatoms. The Labute approximate surface area is 174 Å². The van der Waals surface area contributed by atoms with Gasteiger partial charge in [0.05, 0.1) is 9.79 Å². The van der Waals surface area contributed by atoms with Crippen LogP contribution in [0.3, 0.4) is 0 Å². The second kappa shape index (κ2) is 8.55. The van der Waals surface area contributed by atoms with Crippen molar-refractivity contribution in [3.05, 3.63) is 59.7 Å². The Morgan fingerprint density at radius 3 is 1.38 bits per heavy atom. The van der Waals surface area contributed by atoms with Gasteiger partial charge in [-0.1, -0.05) is 56.2 Å². The third-order valence-corrected chi connectivity index (χ3v) is 7.12. The van der Waals surface area contributed by atoms with E-state index >= 15 is 0 Å². The molecule has 29 heavy (non-hydrogen) atoms. The van der Waals surface area contributed by atoms with Crippen LogP contribution in [-0.4, -0.2) is 29.0 Å². The van der Waals surface area contributed by atoms with Gasteiger partial charge < -0.3 is 0 Å². The Hall–Kier alpha value is -1.74. The molecule has 2 aromatic carbocycles. The van der Waals surface area contributed by atoms with Crippen molar-refractivity contribution in [2.45, 2.75) is 63.5 Å². The van der Waals surface area contributed by atoms with Gasteiger partial charge in [-0.3, -0.25) is 8.37 Å². The lowest BCUT2D eigenvalue weighted by Crippen LogP contribution is -2.42. The van der Waals surface area contributed by atoms with E-state index in [1.165, 1.54) is 31.2 Å². The van der Waals surface area contributed by atoms with Crippen molar-refractivity contribution in [1.82, 2.24) is 0 Å². The molecule has 0 spiro atoms. The summed E-state index contributed by atoms with van der Waals surface area (Å²) in [4.78, 5) is 0.00921. The number of rotatable bonds is 7. The van der Waals surface area contributed by atoms with E-state index in [0.29, 0.717) is 0 Å². The zero-order chi connectivity index (χ0) is 22.0. The van der Waals surface area contributed by atoms with Crippen LogP contribution in [0.2, 0.25) is 0 Å². The number of hydrogen-bond acceptors (Lipinski definition) is 6. The predicted octanol–water partition coefficient (Wildman–Crippen LogP) is 4.22. The van der Waals surface area contributed by atoms with Gasteiger partial charge in [-0.2, -0.15) is 16.8 Å². The molecule has 0 saturated carbocycles. The van der Waals surface area contributed by atoms with Gasteiger partial charge in [-0.15, -0.1) is 0 Å². The van der Waals surface area contributed by atoms with Crippen LogP contribution in [0.25, 0.3) is 0 Å². The fourth-order valence-corrected chi connectivity index (χ4v) is 5.21. The van der Waals surface area contributed by atoms with Crippen LogP contribution in [0.5, 0.6) is 0 Å². The van der Waals surface area contributed by atoms with Gasteiger partial charge >= 0.3 is 0 Å². The average molecular weight is 441 g/mol. The fourth-order valence-electron chi connectivity index (χ4n) is 2.83. The summed E-state index contributed by atoms with van der Waals surface area (Å²) < 4.78 is 61.6. The molecule has 2 aromatic rings. The summed E-state index contributed by atoms with van der Waals surface area (Å²) in [5.41, 5.74) is 1.12. The first-order valence-corrected chi connectivity index (χ1v) is 12.0. The second-order valence-corrected chi connectivity index (χ2v) is 11.4. The SMILES string of the molecule is Cc1ccc(S(=O)(=O)OC(C)C(OS(=O)(=O)c2ccc(C)cc2)C(C)(C)C)cc1. The molecule has 6 nitrogen and oxygen atoms in total. The first kappa shape index (κ1) is 23.5. The minimum atomic E-state index is -4.11. The van der Waals surface area contributed by atoms with Crippen LogP contribution in [0.1, 0.15) is 38.8 Å². The quantitative estimate of drug-likeness (QED) is 0.599. The topological polar surface area (TPSA) is 86.7 Å². The molecule has 0 aliphatic rings. The van der Waals surface area contributed by atoms with Crippen LogP contribution in [0.4, 0.5) is 0 Å². The Morgan fingerprint density at radius 2 is 1.03 bits per heavy atom. The van der Waals surface area contributed by atoms with Crippen molar-refractivity contribution in [2.75, 3.05) is 0 Å². The van der Waals surface area contributed by atoms with E-state index in [1.54, 1.807) is 45.0 Å². The molecule has 0 N–H and O–H groups in total. The van der Waals surface area contributed by atoms with Crippen molar-refractivity contribution in [3.8, 4) is 0 Å². The van der Waals surface area contributed by atoms with E-state index in [2.05, 4.69) is 0 Å². The second-order valence-electron chi connectivity index (χ2n) is 8.22. The summed E-state index contributed by atoms with van der Waals surface area (Å²) in [5, 5.41) is 0. The maximum atomic E-state index is 12.8. The van der Waals surface area contributed by atoms with E-state index in [9.17, 15) is 16.8 Å². The van der Waals surface area contributed by atoms with Gasteiger partial charge in [0.25, 0.3) is 20.2 Å². The molecular formula is C21H28O6S2. The standard InChI is InChI=1S/C21H28O6S2/c1-15-7-11-18(12-8-15)28(22,23)26-17(3)20(21(4,5)6)27-29(24,25)19-13-9-16(2)10-14-19/h7-14,17,20H,1-6H3. The molecular weight excluding hydrogens is 412 g/mol. The van der Waals surface area contributed by atoms with Crippen LogP contribution in [-0.2, 0) is 28.6 Å². The summed E-state index contributed by atoms with van der Waals surface area (Å²) >= 11 is 0. The first-order chi connectivity index (χ1) is 13.2. The zero-order valence-electron chi connectivity index (χ0n) is 17.5. The van der Waals surface area contributed by atoms with Gasteiger partial charge in [0.15, 0.2) is 0 Å². The molecule has 2 rings (SSSR count). The summed E-state index contributed by atoms with van der Waals surface area (Å²) in [5.74, 6) is 0. The largest absolute Gasteiger partial charge is 0.297 e. The number of aryl methyl sites for hydroxylation is 2. The molecule has 0 aliphatic heterocycles. The molecule has 0 fully saturated rings. The highest BCUT2D eigenvalue weighted by Gasteiger charge is 2.38. The minimum Gasteiger partial charge on any atom is -0.260 e.